The maximum Gasteiger partial charge on any atom is 0.259 e. The zero-order chi connectivity index (χ0) is 29.3. The highest BCUT2D eigenvalue weighted by Gasteiger charge is 2.42. The molecule has 228 valence electrons. The fourth-order valence-corrected chi connectivity index (χ4v) is 7.82. The fraction of sp³-hybridized carbons (Fsp3) is 0.719. The van der Waals surface area contributed by atoms with E-state index in [1.807, 2.05) is 6.20 Å². The van der Waals surface area contributed by atoms with Gasteiger partial charge in [0.15, 0.2) is 0 Å². The number of carbonyl (C=O) groups excluding carboxylic acids is 1. The zero-order valence-corrected chi connectivity index (χ0v) is 26.9. The highest BCUT2D eigenvalue weighted by Crippen LogP contribution is 2.42. The van der Waals surface area contributed by atoms with Gasteiger partial charge in [0.05, 0.1) is 24.0 Å². The number of anilines is 1. The molecule has 0 unspecified atom stereocenters. The van der Waals surface area contributed by atoms with Gasteiger partial charge in [-0.05, 0) is 56.6 Å². The molecule has 2 aliphatic heterocycles. The molecule has 0 spiro atoms. The minimum Gasteiger partial charge on any atom is -0.361 e. The van der Waals surface area contributed by atoms with E-state index in [0.29, 0.717) is 31.9 Å². The number of ether oxygens (including phenoxy) is 1. The van der Waals surface area contributed by atoms with Crippen molar-refractivity contribution in [1.82, 2.24) is 24.3 Å². The van der Waals surface area contributed by atoms with E-state index in [4.69, 9.17) is 15.0 Å². The Morgan fingerprint density at radius 1 is 1.00 bits per heavy atom. The van der Waals surface area contributed by atoms with E-state index in [-0.39, 0.29) is 5.91 Å². The van der Waals surface area contributed by atoms with Gasteiger partial charge in [-0.3, -0.25) is 9.69 Å². The second-order valence-electron chi connectivity index (χ2n) is 14.2. The molecule has 0 aromatic carbocycles. The Hall–Kier alpha value is -2.45. The molecule has 1 amide bonds. The Balaban J connectivity index is 1.13. The summed E-state index contributed by atoms with van der Waals surface area (Å²) >= 11 is 0. The number of hydrogen-bond donors (Lipinski definition) is 0. The first-order valence-corrected chi connectivity index (χ1v) is 20.0. The predicted octanol–water partition coefficient (Wildman–Crippen LogP) is 4.82. The Bertz CT molecular complexity index is 1280. The Labute approximate surface area is 252 Å². The average molecular weight is 592 g/mol. The molecule has 2 aliphatic carbocycles. The molecule has 1 saturated heterocycles. The molecule has 0 N–H and O–H groups in total. The van der Waals surface area contributed by atoms with E-state index in [9.17, 15) is 4.79 Å². The van der Waals surface area contributed by atoms with Crippen LogP contribution in [-0.2, 0) is 11.5 Å². The van der Waals surface area contributed by atoms with Crippen molar-refractivity contribution in [3.05, 3.63) is 24.0 Å². The smallest absolute Gasteiger partial charge is 0.259 e. The van der Waals surface area contributed by atoms with Crippen molar-refractivity contribution in [2.45, 2.75) is 89.4 Å². The first-order chi connectivity index (χ1) is 20.3. The number of piperazine rings is 1. The molecule has 0 bridgehead atoms. The lowest BCUT2D eigenvalue weighted by Gasteiger charge is -2.45. The van der Waals surface area contributed by atoms with E-state index < -0.39 is 8.07 Å². The molecule has 10 heteroatoms. The number of pyridine rings is 1. The lowest BCUT2D eigenvalue weighted by atomic mass is 9.84. The van der Waals surface area contributed by atoms with Crippen LogP contribution >= 0.6 is 0 Å². The summed E-state index contributed by atoms with van der Waals surface area (Å²) in [4.78, 5) is 28.2. The van der Waals surface area contributed by atoms with Gasteiger partial charge in [-0.2, -0.15) is 5.26 Å². The van der Waals surface area contributed by atoms with Gasteiger partial charge in [0.25, 0.3) is 5.91 Å². The van der Waals surface area contributed by atoms with Crippen LogP contribution in [0, 0.1) is 17.2 Å². The van der Waals surface area contributed by atoms with Gasteiger partial charge in [-0.15, -0.1) is 0 Å². The average Bonchev–Trinajstić information content (AvgIpc) is 3.74. The van der Waals surface area contributed by atoms with Crippen molar-refractivity contribution in [3.63, 3.8) is 0 Å². The Morgan fingerprint density at radius 3 is 2.38 bits per heavy atom. The molecule has 0 atom stereocenters. The molecule has 0 radical (unpaired) electrons. The molecule has 42 heavy (non-hydrogen) atoms. The van der Waals surface area contributed by atoms with Crippen molar-refractivity contribution >= 4 is 30.7 Å². The number of aromatic nitrogens is 2. The monoisotopic (exact) mass is 591 g/mol. The summed E-state index contributed by atoms with van der Waals surface area (Å²) < 4.78 is 8.18. The summed E-state index contributed by atoms with van der Waals surface area (Å²) in [7, 11) is -1.14. The van der Waals surface area contributed by atoms with Crippen LogP contribution < -0.4 is 4.90 Å². The number of hydrogen-bond acceptors (Lipinski definition) is 7. The summed E-state index contributed by atoms with van der Waals surface area (Å²) in [6.07, 6.45) is 11.6. The quantitative estimate of drug-likeness (QED) is 0.274. The van der Waals surface area contributed by atoms with E-state index >= 15 is 0 Å². The SMILES string of the molecule is C[Si](C)(C)CCOCn1ccc2c3c(cnc21)C(=O)N(C1CC1)CN3C1CCC(CN2CCN(CCC#N)CC2)CC1. The van der Waals surface area contributed by atoms with E-state index in [2.05, 4.69) is 62.1 Å². The Kier molecular flexibility index (Phi) is 8.92. The van der Waals surface area contributed by atoms with Gasteiger partial charge in [0, 0.05) is 90.2 Å². The van der Waals surface area contributed by atoms with Gasteiger partial charge in [-0.25, -0.2) is 4.98 Å². The lowest BCUT2D eigenvalue weighted by Crippen LogP contribution is -2.53. The predicted molar refractivity (Wildman–Crippen MR) is 169 cm³/mol. The van der Waals surface area contributed by atoms with Crippen LogP contribution in [0.25, 0.3) is 11.0 Å². The second-order valence-corrected chi connectivity index (χ2v) is 19.9. The first-order valence-electron chi connectivity index (χ1n) is 16.3. The molecule has 6 rings (SSSR count). The minimum atomic E-state index is -1.14. The minimum absolute atomic E-state index is 0.153. The van der Waals surface area contributed by atoms with Gasteiger partial charge in [0.1, 0.15) is 12.4 Å². The Morgan fingerprint density at radius 2 is 1.69 bits per heavy atom. The summed E-state index contributed by atoms with van der Waals surface area (Å²) in [5.41, 5.74) is 2.79. The number of fused-ring (bicyclic) bond motifs is 3. The zero-order valence-electron chi connectivity index (χ0n) is 25.9. The largest absolute Gasteiger partial charge is 0.361 e. The number of nitriles is 1. The van der Waals surface area contributed by atoms with E-state index in [1.54, 1.807) is 0 Å². The highest BCUT2D eigenvalue weighted by atomic mass is 28.3. The van der Waals surface area contributed by atoms with Crippen LogP contribution in [0.1, 0.15) is 55.3 Å². The van der Waals surface area contributed by atoms with Crippen LogP contribution in [0.5, 0.6) is 0 Å². The van der Waals surface area contributed by atoms with Gasteiger partial charge in [0.2, 0.25) is 0 Å². The van der Waals surface area contributed by atoms with Crippen LogP contribution in [-0.4, -0.2) is 103 Å². The van der Waals surface area contributed by atoms with Crippen molar-refractivity contribution in [3.8, 4) is 6.07 Å². The van der Waals surface area contributed by atoms with Crippen LogP contribution in [0.15, 0.2) is 18.5 Å². The van der Waals surface area contributed by atoms with Crippen molar-refractivity contribution < 1.29 is 9.53 Å². The van der Waals surface area contributed by atoms with Crippen molar-refractivity contribution in [2.24, 2.45) is 5.92 Å². The van der Waals surface area contributed by atoms with E-state index in [0.717, 1.165) is 86.4 Å². The lowest BCUT2D eigenvalue weighted by molar-refractivity contribution is 0.0715. The van der Waals surface area contributed by atoms with Crippen LogP contribution in [0.3, 0.4) is 0 Å². The maximum atomic E-state index is 13.6. The van der Waals surface area contributed by atoms with Gasteiger partial charge >= 0.3 is 0 Å². The highest BCUT2D eigenvalue weighted by molar-refractivity contribution is 6.76. The van der Waals surface area contributed by atoms with Crippen LogP contribution in [0.4, 0.5) is 5.69 Å². The third-order valence-corrected chi connectivity index (χ3v) is 11.5. The normalized spacial score (nSPS) is 24.3. The molecule has 4 heterocycles. The van der Waals surface area contributed by atoms with Crippen LogP contribution in [0.2, 0.25) is 25.7 Å². The molecular weight excluding hydrogens is 542 g/mol. The third-order valence-electron chi connectivity index (χ3n) is 9.84. The first kappa shape index (κ1) is 29.6. The standard InChI is InChI=1S/C32H49N7O2Si/c1-42(2,3)20-19-41-24-37-14-11-28-30-29(21-34-31(28)37)32(40)39(27-9-10-27)23-38(30)26-7-5-25(6-8-26)22-36-17-15-35(16-18-36)13-4-12-33/h11,14,21,25-27H,4-10,13,15-20,22-24H2,1-3H3. The molecular formula is C32H49N7O2Si. The molecule has 4 aliphatic rings. The number of amides is 1. The molecule has 2 aromatic heterocycles. The van der Waals surface area contributed by atoms with E-state index in [1.165, 1.54) is 32.2 Å². The number of rotatable bonds is 11. The summed E-state index contributed by atoms with van der Waals surface area (Å²) in [5, 5.41) is 9.97. The second kappa shape index (κ2) is 12.6. The molecule has 2 saturated carbocycles. The number of nitrogens with zero attached hydrogens (tertiary/aromatic N) is 7. The summed E-state index contributed by atoms with van der Waals surface area (Å²) in [5.74, 6) is 0.893. The summed E-state index contributed by atoms with van der Waals surface area (Å²) in [6.45, 7) is 15.6. The number of carbonyl (C=O) groups is 1. The molecule has 2 aromatic rings. The summed E-state index contributed by atoms with van der Waals surface area (Å²) in [6, 6.07) is 6.41. The van der Waals surface area contributed by atoms with Crippen molar-refractivity contribution in [1.29, 1.82) is 5.26 Å². The van der Waals surface area contributed by atoms with Gasteiger partial charge < -0.3 is 24.0 Å². The third kappa shape index (κ3) is 6.70. The maximum absolute atomic E-state index is 13.6. The molecule has 3 fully saturated rings. The fourth-order valence-electron chi connectivity index (χ4n) is 7.06. The topological polar surface area (TPSA) is 80.9 Å². The molecule has 9 nitrogen and oxygen atoms in total. The van der Waals surface area contributed by atoms with Crippen molar-refractivity contribution in [2.75, 3.05) is 57.4 Å². The van der Waals surface area contributed by atoms with Gasteiger partial charge in [-0.1, -0.05) is 19.6 Å².